The van der Waals surface area contributed by atoms with E-state index in [9.17, 15) is 19.8 Å². The standard InChI is InChI=1S/C19H28N2O4/c1-13-8-17(18(23)24)12-21(11-13)19(25)20-10-16(9-14(2)22)15-6-4-3-5-7-15/h3-7,13-14,16-17,22H,8-12H2,1-2H3,(H,20,25)(H,23,24). The fourth-order valence-corrected chi connectivity index (χ4v) is 3.49. The summed E-state index contributed by atoms with van der Waals surface area (Å²) in [7, 11) is 0. The second-order valence-corrected chi connectivity index (χ2v) is 7.16. The lowest BCUT2D eigenvalue weighted by atomic mass is 9.90. The van der Waals surface area contributed by atoms with Crippen molar-refractivity contribution in [1.82, 2.24) is 10.2 Å². The van der Waals surface area contributed by atoms with E-state index in [0.29, 0.717) is 25.9 Å². The molecular formula is C19H28N2O4. The molecule has 3 N–H and O–H groups in total. The van der Waals surface area contributed by atoms with Gasteiger partial charge in [-0.25, -0.2) is 4.79 Å². The van der Waals surface area contributed by atoms with Crippen LogP contribution in [-0.4, -0.2) is 52.9 Å². The summed E-state index contributed by atoms with van der Waals surface area (Å²) in [6, 6.07) is 9.56. The number of carbonyl (C=O) groups excluding carboxylic acids is 1. The Hall–Kier alpha value is -2.08. The maximum Gasteiger partial charge on any atom is 0.317 e. The average molecular weight is 348 g/mol. The second-order valence-electron chi connectivity index (χ2n) is 7.16. The number of nitrogens with zero attached hydrogens (tertiary/aromatic N) is 1. The first-order chi connectivity index (χ1) is 11.9. The van der Waals surface area contributed by atoms with Crippen molar-refractivity contribution < 1.29 is 19.8 Å². The molecule has 25 heavy (non-hydrogen) atoms. The number of amides is 2. The number of rotatable bonds is 6. The fraction of sp³-hybridized carbons (Fsp3) is 0.579. The van der Waals surface area contributed by atoms with Gasteiger partial charge < -0.3 is 20.4 Å². The number of hydrogen-bond acceptors (Lipinski definition) is 3. The van der Waals surface area contributed by atoms with Crippen molar-refractivity contribution in [3.05, 3.63) is 35.9 Å². The van der Waals surface area contributed by atoms with Gasteiger partial charge in [0.15, 0.2) is 0 Å². The lowest BCUT2D eigenvalue weighted by Gasteiger charge is -2.35. The first kappa shape index (κ1) is 19.2. The number of carboxylic acid groups (broad SMARTS) is 1. The summed E-state index contributed by atoms with van der Waals surface area (Å²) >= 11 is 0. The lowest BCUT2D eigenvalue weighted by Crippen LogP contribution is -2.50. The molecule has 1 saturated heterocycles. The zero-order valence-corrected chi connectivity index (χ0v) is 14.9. The van der Waals surface area contributed by atoms with E-state index in [1.165, 1.54) is 0 Å². The Morgan fingerprint density at radius 3 is 2.56 bits per heavy atom. The molecule has 1 aliphatic rings. The summed E-state index contributed by atoms with van der Waals surface area (Å²) in [6.45, 7) is 4.94. The van der Waals surface area contributed by atoms with Crippen LogP contribution >= 0.6 is 0 Å². The number of carbonyl (C=O) groups is 2. The second kappa shape index (κ2) is 8.85. The molecule has 1 aromatic carbocycles. The van der Waals surface area contributed by atoms with Crippen molar-refractivity contribution in [3.8, 4) is 0 Å². The van der Waals surface area contributed by atoms with Crippen LogP contribution in [0.4, 0.5) is 4.79 Å². The smallest absolute Gasteiger partial charge is 0.317 e. The third-order valence-corrected chi connectivity index (χ3v) is 4.69. The monoisotopic (exact) mass is 348 g/mol. The Kier molecular flexibility index (Phi) is 6.82. The van der Waals surface area contributed by atoms with Gasteiger partial charge in [0.2, 0.25) is 0 Å². The van der Waals surface area contributed by atoms with Crippen LogP contribution in [0.2, 0.25) is 0 Å². The van der Waals surface area contributed by atoms with Gasteiger partial charge in [-0.1, -0.05) is 37.3 Å². The van der Waals surface area contributed by atoms with Crippen LogP contribution in [0.1, 0.15) is 38.2 Å². The maximum atomic E-state index is 12.5. The minimum Gasteiger partial charge on any atom is -0.481 e. The SMILES string of the molecule is CC(O)CC(CNC(=O)N1CC(C)CC(C(=O)O)C1)c1ccccc1. The molecule has 1 fully saturated rings. The minimum atomic E-state index is -0.847. The van der Waals surface area contributed by atoms with Crippen molar-refractivity contribution in [1.29, 1.82) is 0 Å². The number of hydrogen-bond donors (Lipinski definition) is 3. The summed E-state index contributed by atoms with van der Waals surface area (Å²) in [4.78, 5) is 25.3. The number of aliphatic hydroxyl groups excluding tert-OH is 1. The number of benzene rings is 1. The first-order valence-electron chi connectivity index (χ1n) is 8.85. The summed E-state index contributed by atoms with van der Waals surface area (Å²) < 4.78 is 0. The fourth-order valence-electron chi connectivity index (χ4n) is 3.49. The summed E-state index contributed by atoms with van der Waals surface area (Å²) in [6.07, 6.45) is 0.695. The molecule has 6 heteroatoms. The third-order valence-electron chi connectivity index (χ3n) is 4.69. The third kappa shape index (κ3) is 5.74. The molecule has 0 aromatic heterocycles. The predicted octanol–water partition coefficient (Wildman–Crippen LogP) is 2.29. The van der Waals surface area contributed by atoms with Gasteiger partial charge >= 0.3 is 12.0 Å². The molecule has 0 spiro atoms. The maximum absolute atomic E-state index is 12.5. The molecule has 0 aliphatic carbocycles. The van der Waals surface area contributed by atoms with Crippen molar-refractivity contribution in [2.75, 3.05) is 19.6 Å². The van der Waals surface area contributed by atoms with Crippen LogP contribution in [0.25, 0.3) is 0 Å². The van der Waals surface area contributed by atoms with Crippen LogP contribution in [-0.2, 0) is 4.79 Å². The highest BCUT2D eigenvalue weighted by Crippen LogP contribution is 2.23. The predicted molar refractivity (Wildman–Crippen MR) is 95.4 cm³/mol. The number of aliphatic carboxylic acids is 1. The van der Waals surface area contributed by atoms with Gasteiger partial charge in [-0.2, -0.15) is 0 Å². The quantitative estimate of drug-likeness (QED) is 0.736. The van der Waals surface area contributed by atoms with E-state index in [2.05, 4.69) is 5.32 Å². The van der Waals surface area contributed by atoms with Crippen molar-refractivity contribution in [3.63, 3.8) is 0 Å². The number of piperidine rings is 1. The molecule has 2 amide bonds. The van der Waals surface area contributed by atoms with Crippen molar-refractivity contribution >= 4 is 12.0 Å². The number of likely N-dealkylation sites (tertiary alicyclic amines) is 1. The van der Waals surface area contributed by atoms with Gasteiger partial charge in [-0.3, -0.25) is 4.79 Å². The largest absolute Gasteiger partial charge is 0.481 e. The Bertz CT molecular complexity index is 576. The zero-order chi connectivity index (χ0) is 18.4. The van der Waals surface area contributed by atoms with E-state index < -0.39 is 18.0 Å². The molecule has 138 valence electrons. The van der Waals surface area contributed by atoms with Crippen LogP contribution in [0.3, 0.4) is 0 Å². The molecule has 0 radical (unpaired) electrons. The molecule has 1 aliphatic heterocycles. The minimum absolute atomic E-state index is 0.0163. The van der Waals surface area contributed by atoms with E-state index in [4.69, 9.17) is 0 Å². The molecule has 1 aromatic rings. The van der Waals surface area contributed by atoms with Gasteiger partial charge in [0.25, 0.3) is 0 Å². The number of urea groups is 1. The molecule has 1 heterocycles. The van der Waals surface area contributed by atoms with Crippen molar-refractivity contribution in [2.24, 2.45) is 11.8 Å². The lowest BCUT2D eigenvalue weighted by molar-refractivity contribution is -0.143. The van der Waals surface area contributed by atoms with Crippen LogP contribution in [0, 0.1) is 11.8 Å². The Morgan fingerprint density at radius 1 is 1.28 bits per heavy atom. The van der Waals surface area contributed by atoms with E-state index >= 15 is 0 Å². The van der Waals surface area contributed by atoms with Gasteiger partial charge in [0.05, 0.1) is 12.0 Å². The van der Waals surface area contributed by atoms with Crippen LogP contribution in [0.5, 0.6) is 0 Å². The highest BCUT2D eigenvalue weighted by Gasteiger charge is 2.32. The highest BCUT2D eigenvalue weighted by atomic mass is 16.4. The van der Waals surface area contributed by atoms with E-state index in [-0.39, 0.29) is 24.4 Å². The first-order valence-corrected chi connectivity index (χ1v) is 8.85. The van der Waals surface area contributed by atoms with Crippen LogP contribution in [0.15, 0.2) is 30.3 Å². The molecule has 0 saturated carbocycles. The average Bonchev–Trinajstić information content (AvgIpc) is 2.58. The van der Waals surface area contributed by atoms with Crippen molar-refractivity contribution in [2.45, 2.75) is 38.7 Å². The molecule has 6 nitrogen and oxygen atoms in total. The summed E-state index contributed by atoms with van der Waals surface area (Å²) in [5.74, 6) is -1.16. The molecule has 4 atom stereocenters. The normalized spacial score (nSPS) is 22.9. The van der Waals surface area contributed by atoms with Gasteiger partial charge in [0.1, 0.15) is 0 Å². The summed E-state index contributed by atoms with van der Waals surface area (Å²) in [5, 5.41) is 21.9. The van der Waals surface area contributed by atoms with Gasteiger partial charge in [-0.05, 0) is 31.2 Å². The van der Waals surface area contributed by atoms with E-state index in [1.54, 1.807) is 11.8 Å². The molecular weight excluding hydrogens is 320 g/mol. The Morgan fingerprint density at radius 2 is 1.96 bits per heavy atom. The topological polar surface area (TPSA) is 89.9 Å². The molecule has 4 unspecified atom stereocenters. The Labute approximate surface area is 148 Å². The number of aliphatic hydroxyl groups is 1. The van der Waals surface area contributed by atoms with Crippen LogP contribution < -0.4 is 5.32 Å². The summed E-state index contributed by atoms with van der Waals surface area (Å²) in [5.41, 5.74) is 1.07. The zero-order valence-electron chi connectivity index (χ0n) is 14.9. The van der Waals surface area contributed by atoms with Gasteiger partial charge in [0, 0.05) is 25.6 Å². The van der Waals surface area contributed by atoms with E-state index in [0.717, 1.165) is 5.56 Å². The number of nitrogens with one attached hydrogen (secondary N) is 1. The van der Waals surface area contributed by atoms with Gasteiger partial charge in [-0.15, -0.1) is 0 Å². The van der Waals surface area contributed by atoms with E-state index in [1.807, 2.05) is 37.3 Å². The molecule has 0 bridgehead atoms. The molecule has 2 rings (SSSR count). The Balaban J connectivity index is 1.97. The highest BCUT2D eigenvalue weighted by molar-refractivity contribution is 5.76. The number of carboxylic acids is 1.